The first-order valence-corrected chi connectivity index (χ1v) is 9.92. The molecule has 1 saturated carbocycles. The Balaban J connectivity index is 1.76. The Kier molecular flexibility index (Phi) is 7.17. The number of benzene rings is 1. The van der Waals surface area contributed by atoms with Crippen LogP contribution < -0.4 is 0 Å². The summed E-state index contributed by atoms with van der Waals surface area (Å²) in [5.74, 6) is 0.0357. The van der Waals surface area contributed by atoms with E-state index in [1.807, 2.05) is 30.3 Å². The highest BCUT2D eigenvalue weighted by atomic mass is 16.5. The van der Waals surface area contributed by atoms with E-state index in [0.29, 0.717) is 19.6 Å². The molecule has 1 aromatic carbocycles. The van der Waals surface area contributed by atoms with Crippen molar-refractivity contribution >= 4 is 12.3 Å². The molecule has 1 heterocycles. The molecule has 0 bridgehead atoms. The Morgan fingerprint density at radius 1 is 1.34 bits per heavy atom. The third-order valence-corrected chi connectivity index (χ3v) is 5.71. The largest absolute Gasteiger partial charge is 0.469 e. The van der Waals surface area contributed by atoms with Crippen molar-refractivity contribution in [1.82, 2.24) is 9.78 Å². The molecule has 0 amide bonds. The van der Waals surface area contributed by atoms with Crippen molar-refractivity contribution < 1.29 is 24.2 Å². The minimum Gasteiger partial charge on any atom is -0.469 e. The number of methoxy groups -OCH3 is 1. The maximum Gasteiger partial charge on any atom is 0.311 e. The van der Waals surface area contributed by atoms with E-state index in [2.05, 4.69) is 12.0 Å². The second-order valence-corrected chi connectivity index (χ2v) is 7.44. The van der Waals surface area contributed by atoms with E-state index >= 15 is 0 Å². The minimum absolute atomic E-state index is 0.0115. The molecule has 7 heteroatoms. The lowest BCUT2D eigenvalue weighted by Gasteiger charge is -2.14. The number of ether oxygens (including phenoxy) is 2. The standard InChI is InChI=1S/C22H28N2O5/c1-15(18-13-23-24(9-11-26)19(18)12-20(27)28-2)21-17(8-10-25)22(21)29-14-16-6-4-3-5-7-16/h3-7,10,13,15,17,21-22,26H,8-9,11-12,14H2,1-2H3/t15-,17?,21?,22?/m0/s1. The van der Waals surface area contributed by atoms with Crippen LogP contribution in [0.15, 0.2) is 36.5 Å². The molecule has 1 aliphatic carbocycles. The highest BCUT2D eigenvalue weighted by molar-refractivity contribution is 5.72. The number of aliphatic hydroxyl groups excluding tert-OH is 1. The van der Waals surface area contributed by atoms with Crippen LogP contribution in [0.4, 0.5) is 0 Å². The molecule has 7 nitrogen and oxygen atoms in total. The first-order chi connectivity index (χ1) is 14.1. The van der Waals surface area contributed by atoms with Gasteiger partial charge in [-0.3, -0.25) is 9.48 Å². The number of esters is 1. The number of carbonyl (C=O) groups excluding carboxylic acids is 2. The third kappa shape index (κ3) is 4.92. The van der Waals surface area contributed by atoms with Crippen molar-refractivity contribution in [3.05, 3.63) is 53.3 Å². The van der Waals surface area contributed by atoms with Crippen molar-refractivity contribution in [1.29, 1.82) is 0 Å². The number of carbonyl (C=O) groups is 2. The molecule has 3 unspecified atom stereocenters. The van der Waals surface area contributed by atoms with Crippen LogP contribution in [0.1, 0.15) is 36.1 Å². The molecule has 29 heavy (non-hydrogen) atoms. The van der Waals surface area contributed by atoms with Gasteiger partial charge in [0.25, 0.3) is 0 Å². The van der Waals surface area contributed by atoms with E-state index in [4.69, 9.17) is 9.47 Å². The van der Waals surface area contributed by atoms with Crippen molar-refractivity contribution in [3.63, 3.8) is 0 Å². The van der Waals surface area contributed by atoms with Gasteiger partial charge in [0.05, 0.1) is 51.3 Å². The van der Waals surface area contributed by atoms with E-state index in [0.717, 1.165) is 23.1 Å². The summed E-state index contributed by atoms with van der Waals surface area (Å²) in [4.78, 5) is 23.0. The lowest BCUT2D eigenvalue weighted by atomic mass is 9.93. The van der Waals surface area contributed by atoms with Gasteiger partial charge in [0, 0.05) is 6.42 Å². The van der Waals surface area contributed by atoms with Gasteiger partial charge in [-0.25, -0.2) is 0 Å². The van der Waals surface area contributed by atoms with Gasteiger partial charge in [0.1, 0.15) is 6.29 Å². The number of hydrogen-bond donors (Lipinski definition) is 1. The Morgan fingerprint density at radius 2 is 2.10 bits per heavy atom. The van der Waals surface area contributed by atoms with E-state index in [1.165, 1.54) is 7.11 Å². The molecule has 0 spiro atoms. The van der Waals surface area contributed by atoms with Crippen LogP contribution in [0.3, 0.4) is 0 Å². The lowest BCUT2D eigenvalue weighted by Crippen LogP contribution is -2.16. The number of aromatic nitrogens is 2. The van der Waals surface area contributed by atoms with Gasteiger partial charge in [-0.2, -0.15) is 5.10 Å². The molecule has 1 aliphatic rings. The quantitative estimate of drug-likeness (QED) is 0.459. The molecule has 1 aromatic heterocycles. The van der Waals surface area contributed by atoms with Crippen LogP contribution in [0.2, 0.25) is 0 Å². The van der Waals surface area contributed by atoms with Gasteiger partial charge < -0.3 is 19.4 Å². The Morgan fingerprint density at radius 3 is 2.76 bits per heavy atom. The molecular formula is C22H28N2O5. The number of hydrogen-bond acceptors (Lipinski definition) is 6. The van der Waals surface area contributed by atoms with Crippen LogP contribution in [0.5, 0.6) is 0 Å². The average molecular weight is 400 g/mol. The predicted octanol–water partition coefficient (Wildman–Crippen LogP) is 2.11. The summed E-state index contributed by atoms with van der Waals surface area (Å²) in [6.45, 7) is 2.83. The van der Waals surface area contributed by atoms with Gasteiger partial charge in [-0.1, -0.05) is 37.3 Å². The van der Waals surface area contributed by atoms with E-state index in [-0.39, 0.29) is 42.9 Å². The predicted molar refractivity (Wildman–Crippen MR) is 106 cm³/mol. The van der Waals surface area contributed by atoms with Crippen molar-refractivity contribution in [2.45, 2.75) is 44.9 Å². The van der Waals surface area contributed by atoms with Crippen LogP contribution in [0.25, 0.3) is 0 Å². The molecule has 2 aromatic rings. The Bertz CT molecular complexity index is 820. The SMILES string of the molecule is COC(=O)Cc1c([C@H](C)C2C(CC=O)C2OCc2ccccc2)cnn1CCO. The van der Waals surface area contributed by atoms with Crippen molar-refractivity contribution in [3.8, 4) is 0 Å². The monoisotopic (exact) mass is 400 g/mol. The second kappa shape index (κ2) is 9.80. The fourth-order valence-corrected chi connectivity index (χ4v) is 4.13. The maximum atomic E-state index is 11.9. The van der Waals surface area contributed by atoms with Crippen LogP contribution >= 0.6 is 0 Å². The molecule has 0 radical (unpaired) electrons. The summed E-state index contributed by atoms with van der Waals surface area (Å²) >= 11 is 0. The summed E-state index contributed by atoms with van der Waals surface area (Å²) in [5.41, 5.74) is 2.78. The van der Waals surface area contributed by atoms with E-state index in [9.17, 15) is 14.7 Å². The Hall–Kier alpha value is -2.51. The molecule has 0 saturated heterocycles. The first-order valence-electron chi connectivity index (χ1n) is 9.92. The highest BCUT2D eigenvalue weighted by Gasteiger charge is 2.54. The van der Waals surface area contributed by atoms with E-state index < -0.39 is 0 Å². The second-order valence-electron chi connectivity index (χ2n) is 7.44. The molecule has 1 N–H and O–H groups in total. The highest BCUT2D eigenvalue weighted by Crippen LogP contribution is 2.53. The smallest absolute Gasteiger partial charge is 0.311 e. The number of rotatable bonds is 11. The van der Waals surface area contributed by atoms with Crippen molar-refractivity contribution in [2.24, 2.45) is 11.8 Å². The number of nitrogens with zero attached hydrogens (tertiary/aromatic N) is 2. The molecule has 1 fully saturated rings. The average Bonchev–Trinajstić information content (AvgIpc) is 3.29. The topological polar surface area (TPSA) is 90.7 Å². The summed E-state index contributed by atoms with van der Waals surface area (Å²) in [6.07, 6.45) is 3.23. The van der Waals surface area contributed by atoms with Crippen molar-refractivity contribution in [2.75, 3.05) is 13.7 Å². The molecular weight excluding hydrogens is 372 g/mol. The maximum absolute atomic E-state index is 11.9. The fraction of sp³-hybridized carbons (Fsp3) is 0.500. The zero-order valence-electron chi connectivity index (χ0n) is 16.9. The molecule has 4 atom stereocenters. The normalized spacial score (nSPS) is 21.6. The first kappa shape index (κ1) is 21.2. The molecule has 3 rings (SSSR count). The lowest BCUT2D eigenvalue weighted by molar-refractivity contribution is -0.139. The van der Waals surface area contributed by atoms with Gasteiger partial charge in [0.2, 0.25) is 0 Å². The summed E-state index contributed by atoms with van der Waals surface area (Å²) < 4.78 is 12.6. The van der Waals surface area contributed by atoms with Gasteiger partial charge in [0.15, 0.2) is 0 Å². The zero-order valence-corrected chi connectivity index (χ0v) is 16.9. The van der Waals surface area contributed by atoms with Crippen LogP contribution in [-0.2, 0) is 38.6 Å². The summed E-state index contributed by atoms with van der Waals surface area (Å²) in [5, 5.41) is 13.7. The van der Waals surface area contributed by atoms with Gasteiger partial charge in [-0.05, 0) is 28.9 Å². The molecule has 156 valence electrons. The van der Waals surface area contributed by atoms with Gasteiger partial charge >= 0.3 is 5.97 Å². The van der Waals surface area contributed by atoms with E-state index in [1.54, 1.807) is 10.9 Å². The third-order valence-electron chi connectivity index (χ3n) is 5.71. The summed E-state index contributed by atoms with van der Waals surface area (Å²) in [7, 11) is 1.35. The number of aldehydes is 1. The summed E-state index contributed by atoms with van der Waals surface area (Å²) in [6, 6.07) is 9.95. The van der Waals surface area contributed by atoms with Crippen LogP contribution in [0, 0.1) is 11.8 Å². The molecule has 0 aliphatic heterocycles. The van der Waals surface area contributed by atoms with Gasteiger partial charge in [-0.15, -0.1) is 0 Å². The Labute approximate surface area is 170 Å². The van der Waals surface area contributed by atoms with Crippen LogP contribution in [-0.4, -0.2) is 47.0 Å². The minimum atomic E-state index is -0.352. The zero-order chi connectivity index (χ0) is 20.8. The number of aliphatic hydroxyl groups is 1. The fourth-order valence-electron chi connectivity index (χ4n) is 4.13.